The number of amides is 1. The van der Waals surface area contributed by atoms with Crippen LogP contribution >= 0.6 is 0 Å². The van der Waals surface area contributed by atoms with E-state index in [-0.39, 0.29) is 11.2 Å². The molecule has 1 amide bonds. The highest BCUT2D eigenvalue weighted by Crippen LogP contribution is 2.37. The summed E-state index contributed by atoms with van der Waals surface area (Å²) in [5.41, 5.74) is 9.51. The lowest BCUT2D eigenvalue weighted by Gasteiger charge is -2.30. The quantitative estimate of drug-likeness (QED) is 0.925. The Bertz CT molecular complexity index is 784. The molecule has 2 N–H and O–H groups in total. The van der Waals surface area contributed by atoms with E-state index < -0.39 is 5.91 Å². The smallest absolute Gasteiger partial charge is 0.248 e. The Kier molecular flexibility index (Phi) is 3.20. The van der Waals surface area contributed by atoms with Gasteiger partial charge in [-0.05, 0) is 43.0 Å². The maximum absolute atomic E-state index is 12.4. The fourth-order valence-electron chi connectivity index (χ4n) is 3.31. The number of hydrogen-bond acceptors (Lipinski definition) is 2. The van der Waals surface area contributed by atoms with Gasteiger partial charge >= 0.3 is 0 Å². The van der Waals surface area contributed by atoms with Crippen molar-refractivity contribution in [2.45, 2.75) is 33.6 Å². The van der Waals surface area contributed by atoms with Crippen LogP contribution in [0.1, 0.15) is 52.4 Å². The number of carbonyl (C=O) groups excluding carboxylic acids is 2. The molecule has 3 rings (SSSR count). The molecular formula is C18H20N2O2. The fraction of sp³-hybridized carbons (Fsp3) is 0.333. The van der Waals surface area contributed by atoms with E-state index in [0.29, 0.717) is 12.0 Å². The molecule has 114 valence electrons. The first-order valence-electron chi connectivity index (χ1n) is 7.43. The van der Waals surface area contributed by atoms with E-state index in [9.17, 15) is 9.59 Å². The van der Waals surface area contributed by atoms with E-state index in [1.807, 2.05) is 25.1 Å². The molecular weight excluding hydrogens is 276 g/mol. The van der Waals surface area contributed by atoms with Gasteiger partial charge in [0.2, 0.25) is 5.91 Å². The lowest BCUT2D eigenvalue weighted by molar-refractivity contribution is 0.0910. The highest BCUT2D eigenvalue weighted by molar-refractivity contribution is 5.99. The molecule has 0 unspecified atom stereocenters. The Balaban J connectivity index is 2.19. The second-order valence-electron chi connectivity index (χ2n) is 6.84. The van der Waals surface area contributed by atoms with E-state index in [1.54, 1.807) is 12.1 Å². The van der Waals surface area contributed by atoms with E-state index in [2.05, 4.69) is 18.4 Å². The number of carbonyl (C=O) groups is 2. The SMILES string of the molecule is Cc1cc2c(n1-c1cccc(C(N)=O)c1)CC(C)(C)CC2=O. The van der Waals surface area contributed by atoms with Crippen molar-refractivity contribution in [3.8, 4) is 5.69 Å². The minimum absolute atomic E-state index is 0.0477. The number of nitrogens with zero attached hydrogens (tertiary/aromatic N) is 1. The van der Waals surface area contributed by atoms with Crippen molar-refractivity contribution in [3.63, 3.8) is 0 Å². The molecule has 2 aromatic rings. The van der Waals surface area contributed by atoms with Crippen LogP contribution in [0.4, 0.5) is 0 Å². The fourth-order valence-corrected chi connectivity index (χ4v) is 3.31. The van der Waals surface area contributed by atoms with Crippen molar-refractivity contribution in [1.82, 2.24) is 4.57 Å². The molecule has 1 heterocycles. The van der Waals surface area contributed by atoms with Crippen LogP contribution in [0.3, 0.4) is 0 Å². The zero-order valence-corrected chi connectivity index (χ0v) is 13.1. The maximum Gasteiger partial charge on any atom is 0.248 e. The molecule has 1 aliphatic carbocycles. The van der Waals surface area contributed by atoms with Crippen molar-refractivity contribution < 1.29 is 9.59 Å². The number of benzene rings is 1. The van der Waals surface area contributed by atoms with Crippen LogP contribution in [0, 0.1) is 12.3 Å². The minimum Gasteiger partial charge on any atom is -0.366 e. The Morgan fingerprint density at radius 1 is 1.23 bits per heavy atom. The third-order valence-electron chi connectivity index (χ3n) is 4.26. The molecule has 0 bridgehead atoms. The first kappa shape index (κ1) is 14.6. The third kappa shape index (κ3) is 2.34. The van der Waals surface area contributed by atoms with E-state index in [1.165, 1.54) is 0 Å². The van der Waals surface area contributed by atoms with Crippen LogP contribution in [-0.2, 0) is 6.42 Å². The number of fused-ring (bicyclic) bond motifs is 1. The van der Waals surface area contributed by atoms with Gasteiger partial charge in [-0.3, -0.25) is 9.59 Å². The average molecular weight is 296 g/mol. The molecule has 0 fully saturated rings. The summed E-state index contributed by atoms with van der Waals surface area (Å²) in [5, 5.41) is 0. The molecule has 0 atom stereocenters. The van der Waals surface area contributed by atoms with Gasteiger partial charge in [-0.25, -0.2) is 0 Å². The molecule has 4 nitrogen and oxygen atoms in total. The van der Waals surface area contributed by atoms with Crippen LogP contribution in [-0.4, -0.2) is 16.3 Å². The summed E-state index contributed by atoms with van der Waals surface area (Å²) in [6.45, 7) is 6.20. The summed E-state index contributed by atoms with van der Waals surface area (Å²) >= 11 is 0. The van der Waals surface area contributed by atoms with E-state index in [0.717, 1.165) is 29.1 Å². The summed E-state index contributed by atoms with van der Waals surface area (Å²) in [5.74, 6) is -0.254. The summed E-state index contributed by atoms with van der Waals surface area (Å²) < 4.78 is 2.07. The molecule has 0 saturated heterocycles. The zero-order chi connectivity index (χ0) is 16.1. The van der Waals surface area contributed by atoms with Gasteiger partial charge in [-0.1, -0.05) is 19.9 Å². The average Bonchev–Trinajstić information content (AvgIpc) is 2.74. The normalized spacial score (nSPS) is 16.4. The molecule has 0 saturated carbocycles. The lowest BCUT2D eigenvalue weighted by atomic mass is 9.76. The van der Waals surface area contributed by atoms with Crippen molar-refractivity contribution in [1.29, 1.82) is 0 Å². The predicted octanol–water partition coefficient (Wildman–Crippen LogP) is 3.04. The van der Waals surface area contributed by atoms with Crippen LogP contribution in [0.5, 0.6) is 0 Å². The number of hydrogen-bond donors (Lipinski definition) is 1. The molecule has 1 aliphatic rings. The third-order valence-corrected chi connectivity index (χ3v) is 4.26. The molecule has 1 aromatic carbocycles. The number of rotatable bonds is 2. The van der Waals surface area contributed by atoms with Crippen LogP contribution in [0.25, 0.3) is 5.69 Å². The lowest BCUT2D eigenvalue weighted by Crippen LogP contribution is -2.27. The maximum atomic E-state index is 12.4. The van der Waals surface area contributed by atoms with Gasteiger partial charge < -0.3 is 10.3 Å². The number of ketones is 1. The molecule has 0 radical (unpaired) electrons. The van der Waals surface area contributed by atoms with E-state index in [4.69, 9.17) is 5.73 Å². The molecule has 1 aromatic heterocycles. The second kappa shape index (κ2) is 4.83. The Morgan fingerprint density at radius 3 is 2.64 bits per heavy atom. The predicted molar refractivity (Wildman–Crippen MR) is 85.5 cm³/mol. The monoisotopic (exact) mass is 296 g/mol. The van der Waals surface area contributed by atoms with Gasteiger partial charge in [0.25, 0.3) is 0 Å². The molecule has 4 heteroatoms. The highest BCUT2D eigenvalue weighted by Gasteiger charge is 2.34. The zero-order valence-electron chi connectivity index (χ0n) is 13.1. The van der Waals surface area contributed by atoms with Gasteiger partial charge in [0, 0.05) is 34.6 Å². The second-order valence-corrected chi connectivity index (χ2v) is 6.84. The van der Waals surface area contributed by atoms with Crippen LogP contribution < -0.4 is 5.73 Å². The van der Waals surface area contributed by atoms with E-state index >= 15 is 0 Å². The Labute approximate surface area is 129 Å². The van der Waals surface area contributed by atoms with Crippen LogP contribution in [0.15, 0.2) is 30.3 Å². The summed E-state index contributed by atoms with van der Waals surface area (Å²) in [4.78, 5) is 23.8. The number of Topliss-reactive ketones (excluding diaryl/α,β-unsaturated/α-hetero) is 1. The number of nitrogens with two attached hydrogens (primary N) is 1. The topological polar surface area (TPSA) is 65.1 Å². The standard InChI is InChI=1S/C18H20N2O2/c1-11-7-14-15(9-18(2,3)10-16(14)21)20(11)13-6-4-5-12(8-13)17(19)22/h4-8H,9-10H2,1-3H3,(H2,19,22). The van der Waals surface area contributed by atoms with Crippen molar-refractivity contribution >= 4 is 11.7 Å². The van der Waals surface area contributed by atoms with Gasteiger partial charge in [-0.2, -0.15) is 0 Å². The summed E-state index contributed by atoms with van der Waals surface area (Å²) in [6.07, 6.45) is 1.41. The first-order chi connectivity index (χ1) is 10.3. The van der Waals surface area contributed by atoms with Crippen LogP contribution in [0.2, 0.25) is 0 Å². The number of aryl methyl sites for hydroxylation is 1. The van der Waals surface area contributed by atoms with Crippen molar-refractivity contribution in [3.05, 3.63) is 52.8 Å². The minimum atomic E-state index is -0.447. The van der Waals surface area contributed by atoms with Gasteiger partial charge in [0.05, 0.1) is 0 Å². The van der Waals surface area contributed by atoms with Crippen molar-refractivity contribution in [2.75, 3.05) is 0 Å². The number of primary amides is 1. The first-order valence-corrected chi connectivity index (χ1v) is 7.43. The van der Waals surface area contributed by atoms with Gasteiger partial charge in [0.15, 0.2) is 5.78 Å². The highest BCUT2D eigenvalue weighted by atomic mass is 16.1. The molecule has 0 aliphatic heterocycles. The van der Waals surface area contributed by atoms with Gasteiger partial charge in [-0.15, -0.1) is 0 Å². The summed E-state index contributed by atoms with van der Waals surface area (Å²) in [6, 6.07) is 9.18. The summed E-state index contributed by atoms with van der Waals surface area (Å²) in [7, 11) is 0. The molecule has 22 heavy (non-hydrogen) atoms. The Morgan fingerprint density at radius 2 is 1.95 bits per heavy atom. The largest absolute Gasteiger partial charge is 0.366 e. The molecule has 0 spiro atoms. The van der Waals surface area contributed by atoms with Gasteiger partial charge in [0.1, 0.15) is 0 Å². The number of aromatic nitrogens is 1. The Hall–Kier alpha value is -2.36. The van der Waals surface area contributed by atoms with Crippen molar-refractivity contribution in [2.24, 2.45) is 11.1 Å².